The van der Waals surface area contributed by atoms with Crippen molar-refractivity contribution in [1.82, 2.24) is 20.0 Å². The Kier molecular flexibility index (Phi) is 6.00. The number of rotatable bonds is 6. The molecule has 0 spiro atoms. The highest BCUT2D eigenvalue weighted by molar-refractivity contribution is 5.94. The first kappa shape index (κ1) is 19.3. The number of carbonyl (C=O) groups excluding carboxylic acids is 1. The fraction of sp³-hybridized carbons (Fsp3) is 0.304. The fourth-order valence-corrected chi connectivity index (χ4v) is 3.88. The van der Waals surface area contributed by atoms with Gasteiger partial charge in [-0.15, -0.1) is 0 Å². The second-order valence-electron chi connectivity index (χ2n) is 7.58. The van der Waals surface area contributed by atoms with Gasteiger partial charge < -0.3 is 5.32 Å². The molecule has 0 aliphatic carbocycles. The second-order valence-corrected chi connectivity index (χ2v) is 7.58. The van der Waals surface area contributed by atoms with Crippen LogP contribution in [0.15, 0.2) is 67.0 Å². The number of aromatic nitrogens is 2. The summed E-state index contributed by atoms with van der Waals surface area (Å²) in [7, 11) is 0. The van der Waals surface area contributed by atoms with Crippen molar-refractivity contribution in [3.05, 3.63) is 83.9 Å². The van der Waals surface area contributed by atoms with Crippen molar-refractivity contribution >= 4 is 5.91 Å². The van der Waals surface area contributed by atoms with Gasteiger partial charge in [-0.1, -0.05) is 12.1 Å². The Bertz CT molecular complexity index is 940. The van der Waals surface area contributed by atoms with Gasteiger partial charge in [0.05, 0.1) is 5.69 Å². The fourth-order valence-electron chi connectivity index (χ4n) is 3.88. The van der Waals surface area contributed by atoms with Crippen LogP contribution in [0.2, 0.25) is 0 Å². The molecule has 150 valence electrons. The molecular weight excluding hydrogens is 367 g/mol. The van der Waals surface area contributed by atoms with Crippen LogP contribution < -0.4 is 5.32 Å². The second kappa shape index (κ2) is 9.01. The Labute approximate surface area is 170 Å². The van der Waals surface area contributed by atoms with Crippen LogP contribution >= 0.6 is 0 Å². The summed E-state index contributed by atoms with van der Waals surface area (Å²) in [5, 5.41) is 7.30. The third-order valence-corrected chi connectivity index (χ3v) is 5.35. The van der Waals surface area contributed by atoms with Gasteiger partial charge in [0.2, 0.25) is 0 Å². The molecule has 6 heteroatoms. The van der Waals surface area contributed by atoms with Crippen molar-refractivity contribution in [3.8, 4) is 5.69 Å². The van der Waals surface area contributed by atoms with Gasteiger partial charge in [-0.25, -0.2) is 9.07 Å². The lowest BCUT2D eigenvalue weighted by Crippen LogP contribution is -2.40. The monoisotopic (exact) mass is 392 g/mol. The maximum Gasteiger partial charge on any atom is 0.251 e. The molecule has 1 amide bonds. The number of benzene rings is 2. The van der Waals surface area contributed by atoms with Crippen LogP contribution in [0.4, 0.5) is 4.39 Å². The summed E-state index contributed by atoms with van der Waals surface area (Å²) in [4.78, 5) is 14.7. The van der Waals surface area contributed by atoms with Crippen LogP contribution in [-0.4, -0.2) is 40.2 Å². The van der Waals surface area contributed by atoms with Crippen LogP contribution in [0.3, 0.4) is 0 Å². The smallest absolute Gasteiger partial charge is 0.251 e. The first-order valence-corrected chi connectivity index (χ1v) is 10.0. The van der Waals surface area contributed by atoms with Crippen molar-refractivity contribution in [2.24, 2.45) is 5.92 Å². The zero-order chi connectivity index (χ0) is 20.1. The number of nitrogens with one attached hydrogen (secondary N) is 1. The van der Waals surface area contributed by atoms with Gasteiger partial charge >= 0.3 is 0 Å². The highest BCUT2D eigenvalue weighted by Gasteiger charge is 2.21. The zero-order valence-electron chi connectivity index (χ0n) is 16.3. The van der Waals surface area contributed by atoms with Crippen molar-refractivity contribution in [2.45, 2.75) is 19.4 Å². The van der Waals surface area contributed by atoms with E-state index >= 15 is 0 Å². The number of hydrogen-bond donors (Lipinski definition) is 1. The summed E-state index contributed by atoms with van der Waals surface area (Å²) in [6.07, 6.45) is 5.95. The molecule has 0 radical (unpaired) electrons. The molecule has 1 aliphatic rings. The summed E-state index contributed by atoms with van der Waals surface area (Å²) < 4.78 is 14.9. The molecule has 29 heavy (non-hydrogen) atoms. The molecule has 1 saturated heterocycles. The molecular formula is C23H25FN4O. The van der Waals surface area contributed by atoms with E-state index in [1.807, 2.05) is 16.9 Å². The highest BCUT2D eigenvalue weighted by Crippen LogP contribution is 2.19. The number of likely N-dealkylation sites (tertiary alicyclic amines) is 1. The Balaban J connectivity index is 1.31. The topological polar surface area (TPSA) is 50.2 Å². The van der Waals surface area contributed by atoms with Gasteiger partial charge in [0.1, 0.15) is 5.82 Å². The number of carbonyl (C=O) groups is 1. The Morgan fingerprint density at radius 3 is 2.83 bits per heavy atom. The number of hydrogen-bond acceptors (Lipinski definition) is 3. The molecule has 2 heterocycles. The van der Waals surface area contributed by atoms with E-state index in [1.54, 1.807) is 6.20 Å². The van der Waals surface area contributed by atoms with E-state index < -0.39 is 0 Å². The number of piperidine rings is 1. The molecule has 2 aromatic carbocycles. The van der Waals surface area contributed by atoms with Crippen LogP contribution in [0.5, 0.6) is 0 Å². The van der Waals surface area contributed by atoms with Gasteiger partial charge in [-0.3, -0.25) is 9.69 Å². The minimum atomic E-state index is -0.332. The van der Waals surface area contributed by atoms with Gasteiger partial charge in [0, 0.05) is 37.6 Å². The van der Waals surface area contributed by atoms with Crippen molar-refractivity contribution < 1.29 is 9.18 Å². The lowest BCUT2D eigenvalue weighted by Gasteiger charge is -2.33. The zero-order valence-corrected chi connectivity index (χ0v) is 16.3. The molecule has 0 saturated carbocycles. The van der Waals surface area contributed by atoms with E-state index in [0.717, 1.165) is 38.2 Å². The molecule has 1 fully saturated rings. The summed E-state index contributed by atoms with van der Waals surface area (Å²) in [5.41, 5.74) is 2.82. The number of halogens is 1. The SMILES string of the molecule is O=C(NCC1CCCN(Cc2cccc(-n3cccn3)c2)C1)c1ccc(F)cc1. The van der Waals surface area contributed by atoms with Gasteiger partial charge in [0.15, 0.2) is 0 Å². The minimum absolute atomic E-state index is 0.144. The summed E-state index contributed by atoms with van der Waals surface area (Å²) in [6.45, 7) is 3.54. The predicted octanol–water partition coefficient (Wildman–Crippen LogP) is 3.65. The number of amides is 1. The average Bonchev–Trinajstić information content (AvgIpc) is 3.28. The summed E-state index contributed by atoms with van der Waals surface area (Å²) in [6, 6.07) is 16.0. The van der Waals surface area contributed by atoms with Crippen LogP contribution in [0, 0.1) is 11.7 Å². The summed E-state index contributed by atoms with van der Waals surface area (Å²) >= 11 is 0. The minimum Gasteiger partial charge on any atom is -0.352 e. The number of nitrogens with zero attached hydrogens (tertiary/aromatic N) is 3. The Hall–Kier alpha value is -2.99. The van der Waals surface area contributed by atoms with Crippen LogP contribution in [0.1, 0.15) is 28.8 Å². The van der Waals surface area contributed by atoms with Crippen molar-refractivity contribution in [1.29, 1.82) is 0 Å². The molecule has 1 aliphatic heterocycles. The van der Waals surface area contributed by atoms with Crippen LogP contribution in [0.25, 0.3) is 5.69 Å². The first-order valence-electron chi connectivity index (χ1n) is 10.0. The Morgan fingerprint density at radius 2 is 2.03 bits per heavy atom. The highest BCUT2D eigenvalue weighted by atomic mass is 19.1. The Morgan fingerprint density at radius 1 is 1.17 bits per heavy atom. The summed E-state index contributed by atoms with van der Waals surface area (Å²) in [5.74, 6) is -0.0578. The quantitative estimate of drug-likeness (QED) is 0.697. The van der Waals surface area contributed by atoms with Gasteiger partial charge in [-0.2, -0.15) is 5.10 Å². The van der Waals surface area contributed by atoms with Gasteiger partial charge in [0.25, 0.3) is 5.91 Å². The molecule has 1 N–H and O–H groups in total. The average molecular weight is 392 g/mol. The van der Waals surface area contributed by atoms with E-state index in [0.29, 0.717) is 18.0 Å². The van der Waals surface area contributed by atoms with E-state index in [4.69, 9.17) is 0 Å². The third-order valence-electron chi connectivity index (χ3n) is 5.35. The van der Waals surface area contributed by atoms with Crippen molar-refractivity contribution in [2.75, 3.05) is 19.6 Å². The lowest BCUT2D eigenvalue weighted by atomic mass is 9.97. The third kappa shape index (κ3) is 5.09. The van der Waals surface area contributed by atoms with Gasteiger partial charge in [-0.05, 0) is 73.3 Å². The molecule has 4 rings (SSSR count). The molecule has 0 bridgehead atoms. The largest absolute Gasteiger partial charge is 0.352 e. The van der Waals surface area contributed by atoms with E-state index in [2.05, 4.69) is 39.6 Å². The van der Waals surface area contributed by atoms with Crippen LogP contribution in [-0.2, 0) is 6.54 Å². The van der Waals surface area contributed by atoms with E-state index in [-0.39, 0.29) is 11.7 Å². The lowest BCUT2D eigenvalue weighted by molar-refractivity contribution is 0.0930. The maximum absolute atomic E-state index is 13.0. The molecule has 3 aromatic rings. The normalized spacial score (nSPS) is 17.2. The molecule has 5 nitrogen and oxygen atoms in total. The van der Waals surface area contributed by atoms with Crippen molar-refractivity contribution in [3.63, 3.8) is 0 Å². The molecule has 1 unspecified atom stereocenters. The standard InChI is InChI=1S/C23H25FN4O/c24-21-9-7-20(8-10-21)23(29)25-15-19-5-2-12-27(17-19)16-18-4-1-6-22(14-18)28-13-3-11-26-28/h1,3-4,6-11,13-14,19H,2,5,12,15-17H2,(H,25,29). The predicted molar refractivity (Wildman–Crippen MR) is 110 cm³/mol. The molecule has 1 atom stereocenters. The van der Waals surface area contributed by atoms with E-state index in [1.165, 1.54) is 29.8 Å². The maximum atomic E-state index is 13.0. The first-order chi connectivity index (χ1) is 14.2. The molecule has 1 aromatic heterocycles. The van der Waals surface area contributed by atoms with E-state index in [9.17, 15) is 9.18 Å².